The fourth-order valence-corrected chi connectivity index (χ4v) is 1.77. The monoisotopic (exact) mass is 199 g/mol. The van der Waals surface area contributed by atoms with Crippen LogP contribution in [0.3, 0.4) is 0 Å². The van der Waals surface area contributed by atoms with E-state index in [0.717, 1.165) is 22.2 Å². The third kappa shape index (κ3) is 1.19. The van der Waals surface area contributed by atoms with Gasteiger partial charge >= 0.3 is 5.69 Å². The van der Waals surface area contributed by atoms with Gasteiger partial charge in [0, 0.05) is 28.9 Å². The van der Waals surface area contributed by atoms with E-state index in [2.05, 4.69) is 15.0 Å². The highest BCUT2D eigenvalue weighted by Crippen LogP contribution is 2.25. The predicted molar refractivity (Wildman–Crippen MR) is 58.7 cm³/mol. The summed E-state index contributed by atoms with van der Waals surface area (Å²) in [7, 11) is 0. The van der Waals surface area contributed by atoms with Crippen LogP contribution in [-0.2, 0) is 0 Å². The average Bonchev–Trinajstić information content (AvgIpc) is 2.83. The molecule has 0 aliphatic heterocycles. The largest absolute Gasteiger partial charge is 0.360 e. The van der Waals surface area contributed by atoms with E-state index >= 15 is 0 Å². The Morgan fingerprint density at radius 3 is 2.67 bits per heavy atom. The lowest BCUT2D eigenvalue weighted by Gasteiger charge is -1.93. The highest BCUT2D eigenvalue weighted by atomic mass is 16.1. The molecule has 4 nitrogen and oxygen atoms in total. The first-order valence-electron chi connectivity index (χ1n) is 4.69. The Morgan fingerprint density at radius 2 is 1.87 bits per heavy atom. The second kappa shape index (κ2) is 2.88. The maximum Gasteiger partial charge on any atom is 0.323 e. The molecule has 0 amide bonds. The topological polar surface area (TPSA) is 64.4 Å². The number of aromatic nitrogens is 3. The number of hydrogen-bond acceptors (Lipinski definition) is 1. The van der Waals surface area contributed by atoms with Gasteiger partial charge in [0.2, 0.25) is 0 Å². The van der Waals surface area contributed by atoms with Gasteiger partial charge in [0.25, 0.3) is 0 Å². The number of imidazole rings is 1. The van der Waals surface area contributed by atoms with Crippen LogP contribution in [0.25, 0.3) is 22.2 Å². The third-order valence-corrected chi connectivity index (χ3v) is 2.48. The molecule has 2 aromatic heterocycles. The van der Waals surface area contributed by atoms with Crippen molar-refractivity contribution in [3.8, 4) is 11.3 Å². The van der Waals surface area contributed by atoms with E-state index < -0.39 is 0 Å². The minimum absolute atomic E-state index is 0.185. The number of para-hydroxylation sites is 1. The molecule has 3 rings (SSSR count). The summed E-state index contributed by atoms with van der Waals surface area (Å²) < 4.78 is 0. The van der Waals surface area contributed by atoms with Gasteiger partial charge in [0.05, 0.1) is 5.69 Å². The molecule has 0 fully saturated rings. The minimum atomic E-state index is -0.185. The van der Waals surface area contributed by atoms with Gasteiger partial charge in [-0.05, 0) is 6.07 Å². The zero-order valence-corrected chi connectivity index (χ0v) is 7.87. The second-order valence-corrected chi connectivity index (χ2v) is 3.40. The van der Waals surface area contributed by atoms with Crippen molar-refractivity contribution in [2.75, 3.05) is 0 Å². The molecule has 0 unspecified atom stereocenters. The first-order chi connectivity index (χ1) is 7.34. The van der Waals surface area contributed by atoms with Crippen LogP contribution in [0.5, 0.6) is 0 Å². The molecule has 0 bridgehead atoms. The number of benzene rings is 1. The summed E-state index contributed by atoms with van der Waals surface area (Å²) in [5.74, 6) is 0. The molecule has 15 heavy (non-hydrogen) atoms. The van der Waals surface area contributed by atoms with E-state index in [1.54, 1.807) is 6.20 Å². The molecule has 74 valence electrons. The number of rotatable bonds is 1. The van der Waals surface area contributed by atoms with Gasteiger partial charge in [0.15, 0.2) is 0 Å². The van der Waals surface area contributed by atoms with Gasteiger partial charge < -0.3 is 15.0 Å². The number of hydrogen-bond donors (Lipinski definition) is 3. The Hall–Kier alpha value is -2.23. The summed E-state index contributed by atoms with van der Waals surface area (Å²) in [4.78, 5) is 19.5. The fraction of sp³-hybridized carbons (Fsp3) is 0. The highest BCUT2D eigenvalue weighted by molar-refractivity contribution is 5.94. The Balaban J connectivity index is 2.32. The standard InChI is InChI=1S/C11H9N3O/c15-11-13-6-10(14-11)8-5-12-9-4-2-1-3-7(8)9/h1-6,12H,(H2,13,14,15). The van der Waals surface area contributed by atoms with Gasteiger partial charge in [-0.1, -0.05) is 18.2 Å². The van der Waals surface area contributed by atoms with Crippen LogP contribution in [-0.4, -0.2) is 15.0 Å². The summed E-state index contributed by atoms with van der Waals surface area (Å²) in [5, 5.41) is 1.10. The van der Waals surface area contributed by atoms with Gasteiger partial charge in [-0.15, -0.1) is 0 Å². The lowest BCUT2D eigenvalue weighted by atomic mass is 10.1. The quantitative estimate of drug-likeness (QED) is 0.550. The molecule has 1 aromatic carbocycles. The van der Waals surface area contributed by atoms with Gasteiger partial charge in [-0.3, -0.25) is 0 Å². The van der Waals surface area contributed by atoms with E-state index in [1.165, 1.54) is 0 Å². The zero-order valence-electron chi connectivity index (χ0n) is 7.87. The minimum Gasteiger partial charge on any atom is -0.360 e. The summed E-state index contributed by atoms with van der Waals surface area (Å²) in [6.45, 7) is 0. The summed E-state index contributed by atoms with van der Waals surface area (Å²) in [6, 6.07) is 7.98. The van der Waals surface area contributed by atoms with Crippen molar-refractivity contribution in [2.24, 2.45) is 0 Å². The molecule has 0 spiro atoms. The van der Waals surface area contributed by atoms with Crippen molar-refractivity contribution in [1.82, 2.24) is 15.0 Å². The highest BCUT2D eigenvalue weighted by Gasteiger charge is 2.06. The van der Waals surface area contributed by atoms with E-state index in [1.807, 2.05) is 30.5 Å². The fourth-order valence-electron chi connectivity index (χ4n) is 1.77. The molecular formula is C11H9N3O. The molecule has 0 aliphatic rings. The van der Waals surface area contributed by atoms with Crippen molar-refractivity contribution >= 4 is 10.9 Å². The first-order valence-corrected chi connectivity index (χ1v) is 4.69. The van der Waals surface area contributed by atoms with E-state index in [-0.39, 0.29) is 5.69 Å². The Kier molecular flexibility index (Phi) is 1.56. The van der Waals surface area contributed by atoms with Crippen LogP contribution in [0.15, 0.2) is 41.5 Å². The normalized spacial score (nSPS) is 10.9. The smallest absolute Gasteiger partial charge is 0.323 e. The van der Waals surface area contributed by atoms with E-state index in [9.17, 15) is 4.79 Å². The first kappa shape index (κ1) is 8.11. The molecular weight excluding hydrogens is 190 g/mol. The molecule has 3 aromatic rings. The maximum absolute atomic E-state index is 11.0. The SMILES string of the molecule is O=c1[nH]cc(-c2c[nH]c3ccccc23)[nH]1. The molecule has 3 N–H and O–H groups in total. The van der Waals surface area contributed by atoms with Crippen LogP contribution in [0, 0.1) is 0 Å². The molecule has 4 heteroatoms. The van der Waals surface area contributed by atoms with Crippen LogP contribution < -0.4 is 5.69 Å². The average molecular weight is 199 g/mol. The lowest BCUT2D eigenvalue weighted by Crippen LogP contribution is -1.99. The van der Waals surface area contributed by atoms with Crippen molar-refractivity contribution in [3.63, 3.8) is 0 Å². The van der Waals surface area contributed by atoms with Gasteiger partial charge in [-0.25, -0.2) is 4.79 Å². The summed E-state index contributed by atoms with van der Waals surface area (Å²) >= 11 is 0. The van der Waals surface area contributed by atoms with Gasteiger partial charge in [0.1, 0.15) is 0 Å². The Labute approximate surface area is 85.0 Å². The molecule has 0 aliphatic carbocycles. The van der Waals surface area contributed by atoms with E-state index in [0.29, 0.717) is 0 Å². The van der Waals surface area contributed by atoms with Gasteiger partial charge in [-0.2, -0.15) is 0 Å². The number of aromatic amines is 3. The maximum atomic E-state index is 11.0. The predicted octanol–water partition coefficient (Wildman–Crippen LogP) is 1.85. The lowest BCUT2D eigenvalue weighted by molar-refractivity contribution is 1.19. The van der Waals surface area contributed by atoms with Crippen LogP contribution >= 0.6 is 0 Å². The summed E-state index contributed by atoms with van der Waals surface area (Å²) in [5.41, 5.74) is 2.69. The zero-order chi connectivity index (χ0) is 10.3. The van der Waals surface area contributed by atoms with Crippen molar-refractivity contribution < 1.29 is 0 Å². The van der Waals surface area contributed by atoms with Crippen LogP contribution in [0.1, 0.15) is 0 Å². The third-order valence-electron chi connectivity index (χ3n) is 2.48. The molecule has 2 heterocycles. The molecule has 0 atom stereocenters. The Bertz CT molecular complexity index is 659. The molecule has 0 radical (unpaired) electrons. The Morgan fingerprint density at radius 1 is 1.00 bits per heavy atom. The molecule has 0 saturated carbocycles. The van der Waals surface area contributed by atoms with Crippen LogP contribution in [0.2, 0.25) is 0 Å². The van der Waals surface area contributed by atoms with Crippen molar-refractivity contribution in [3.05, 3.63) is 47.1 Å². The number of nitrogens with one attached hydrogen (secondary N) is 3. The molecule has 0 saturated heterocycles. The van der Waals surface area contributed by atoms with Crippen LogP contribution in [0.4, 0.5) is 0 Å². The summed E-state index contributed by atoms with van der Waals surface area (Å²) in [6.07, 6.45) is 3.57. The number of H-pyrrole nitrogens is 3. The van der Waals surface area contributed by atoms with Crippen molar-refractivity contribution in [1.29, 1.82) is 0 Å². The van der Waals surface area contributed by atoms with Crippen molar-refractivity contribution in [2.45, 2.75) is 0 Å². The number of fused-ring (bicyclic) bond motifs is 1. The second-order valence-electron chi connectivity index (χ2n) is 3.40. The van der Waals surface area contributed by atoms with E-state index in [4.69, 9.17) is 0 Å².